The normalized spacial score (nSPS) is 11.9. The maximum Gasteiger partial charge on any atom is 0.291 e. The molecule has 122 valence electrons. The van der Waals surface area contributed by atoms with Crippen molar-refractivity contribution in [3.05, 3.63) is 47.5 Å². The van der Waals surface area contributed by atoms with E-state index in [-0.39, 0.29) is 0 Å². The molecule has 2 heterocycles. The smallest absolute Gasteiger partial charge is 0.245 e. The average Bonchev–Trinajstić information content (AvgIpc) is 3.13. The van der Waals surface area contributed by atoms with Crippen molar-refractivity contribution in [1.82, 2.24) is 9.55 Å². The van der Waals surface area contributed by atoms with E-state index in [2.05, 4.69) is 78.3 Å². The van der Waals surface area contributed by atoms with E-state index in [1.165, 1.54) is 32.7 Å². The molecule has 0 fully saturated rings. The van der Waals surface area contributed by atoms with Crippen LogP contribution in [-0.4, -0.2) is 9.55 Å². The van der Waals surface area contributed by atoms with Crippen LogP contribution in [0.15, 0.2) is 41.9 Å². The number of hydrogen-bond acceptors (Lipinski definition) is 2. The predicted octanol–water partition coefficient (Wildman–Crippen LogP) is 4.71. The van der Waals surface area contributed by atoms with Gasteiger partial charge in [0.2, 0.25) is 0 Å². The van der Waals surface area contributed by atoms with Crippen molar-refractivity contribution < 1.29 is 4.57 Å². The van der Waals surface area contributed by atoms with Gasteiger partial charge in [-0.1, -0.05) is 32.0 Å². The molecular weight excluding hydrogens is 314 g/mol. The maximum absolute atomic E-state index is 4.52. The number of nitrogens with zero attached hydrogens (tertiary/aromatic N) is 3. The highest BCUT2D eigenvalue weighted by atomic mass is 32.1. The number of aryl methyl sites for hydroxylation is 2. The largest absolute Gasteiger partial charge is 0.291 e. The molecule has 0 saturated heterocycles. The fraction of sp³-hybridized carbons (Fsp3) is 0.300. The van der Waals surface area contributed by atoms with Crippen LogP contribution in [0.25, 0.3) is 32.6 Å². The van der Waals surface area contributed by atoms with Gasteiger partial charge < -0.3 is 0 Å². The summed E-state index contributed by atoms with van der Waals surface area (Å²) in [6.45, 7) is 7.76. The van der Waals surface area contributed by atoms with Crippen molar-refractivity contribution in [3.8, 4) is 11.4 Å². The minimum atomic E-state index is 0.584. The lowest BCUT2D eigenvalue weighted by atomic mass is 10.1. The van der Waals surface area contributed by atoms with Crippen molar-refractivity contribution >= 4 is 32.6 Å². The first-order valence-corrected chi connectivity index (χ1v) is 9.26. The molecule has 0 unspecified atom stereocenters. The lowest BCUT2D eigenvalue weighted by Gasteiger charge is -2.09. The zero-order valence-corrected chi connectivity index (χ0v) is 15.4. The maximum atomic E-state index is 4.52. The topological polar surface area (TPSA) is 21.7 Å². The number of aromatic nitrogens is 3. The van der Waals surface area contributed by atoms with E-state index >= 15 is 0 Å². The molecule has 4 aromatic rings. The summed E-state index contributed by atoms with van der Waals surface area (Å²) in [5, 5.41) is 0. The summed E-state index contributed by atoms with van der Waals surface area (Å²) in [5.41, 5.74) is 8.22. The van der Waals surface area contributed by atoms with E-state index in [0.29, 0.717) is 5.92 Å². The predicted molar refractivity (Wildman–Crippen MR) is 101 cm³/mol. The molecule has 0 aliphatic carbocycles. The fourth-order valence-corrected chi connectivity index (χ4v) is 4.43. The molecule has 3 nitrogen and oxygen atoms in total. The van der Waals surface area contributed by atoms with Gasteiger partial charge in [-0.05, 0) is 36.6 Å². The van der Waals surface area contributed by atoms with Gasteiger partial charge in [0, 0.05) is 0 Å². The monoisotopic (exact) mass is 336 g/mol. The molecular formula is C20H22N3S+. The Morgan fingerprint density at radius 1 is 1.17 bits per heavy atom. The fourth-order valence-electron chi connectivity index (χ4n) is 3.54. The van der Waals surface area contributed by atoms with Crippen LogP contribution in [-0.2, 0) is 13.6 Å². The standard InChI is InChI=1S/C20H22N3S/c1-13(2)11-23-17-8-6-5-7-16(17)22(4)20(23)18-14(3)9-10-15-19(18)24-12-21-15/h5-10,12-13H,11H2,1-4H3/q+1. The second kappa shape index (κ2) is 5.71. The second-order valence-corrected chi connectivity index (χ2v) is 7.69. The summed E-state index contributed by atoms with van der Waals surface area (Å²) in [6, 6.07) is 13.0. The first-order chi connectivity index (χ1) is 11.6. The Morgan fingerprint density at radius 2 is 1.96 bits per heavy atom. The molecule has 0 N–H and O–H groups in total. The molecule has 4 heteroatoms. The number of imidazole rings is 1. The zero-order valence-electron chi connectivity index (χ0n) is 14.6. The Labute approximate surface area is 146 Å². The van der Waals surface area contributed by atoms with Crippen molar-refractivity contribution in [1.29, 1.82) is 0 Å². The SMILES string of the molecule is Cc1ccc2ncsc2c1-c1n(CC(C)C)c2ccccc2[n+]1C. The number of fused-ring (bicyclic) bond motifs is 2. The van der Waals surface area contributed by atoms with Crippen molar-refractivity contribution in [2.75, 3.05) is 0 Å². The van der Waals surface area contributed by atoms with E-state index < -0.39 is 0 Å². The van der Waals surface area contributed by atoms with Gasteiger partial charge in [-0.15, -0.1) is 11.3 Å². The van der Waals surface area contributed by atoms with E-state index in [0.717, 1.165) is 12.1 Å². The van der Waals surface area contributed by atoms with Gasteiger partial charge in [0.15, 0.2) is 11.0 Å². The summed E-state index contributed by atoms with van der Waals surface area (Å²) >= 11 is 1.73. The summed E-state index contributed by atoms with van der Waals surface area (Å²) in [6.07, 6.45) is 0. The van der Waals surface area contributed by atoms with Crippen LogP contribution in [0.3, 0.4) is 0 Å². The van der Waals surface area contributed by atoms with E-state index in [1.54, 1.807) is 11.3 Å². The van der Waals surface area contributed by atoms with Gasteiger partial charge in [-0.3, -0.25) is 0 Å². The third kappa shape index (κ3) is 2.25. The third-order valence-corrected chi connectivity index (χ3v) is 5.45. The number of thiazole rings is 1. The van der Waals surface area contributed by atoms with Gasteiger partial charge in [0.1, 0.15) is 0 Å². The van der Waals surface area contributed by atoms with E-state index in [9.17, 15) is 0 Å². The molecule has 0 radical (unpaired) electrons. The first kappa shape index (κ1) is 15.3. The average molecular weight is 336 g/mol. The van der Waals surface area contributed by atoms with Crippen LogP contribution >= 0.6 is 11.3 Å². The van der Waals surface area contributed by atoms with Crippen LogP contribution in [0.4, 0.5) is 0 Å². The van der Waals surface area contributed by atoms with Gasteiger partial charge >= 0.3 is 0 Å². The Bertz CT molecular complexity index is 1040. The van der Waals surface area contributed by atoms with Crippen LogP contribution in [0.5, 0.6) is 0 Å². The number of rotatable bonds is 3. The molecule has 0 saturated carbocycles. The van der Waals surface area contributed by atoms with Crippen LogP contribution in [0.2, 0.25) is 0 Å². The van der Waals surface area contributed by atoms with Crippen molar-refractivity contribution in [3.63, 3.8) is 0 Å². The Morgan fingerprint density at radius 3 is 2.75 bits per heavy atom. The quantitative estimate of drug-likeness (QED) is 0.497. The van der Waals surface area contributed by atoms with Gasteiger partial charge in [-0.25, -0.2) is 14.1 Å². The Hall–Kier alpha value is -2.20. The molecule has 0 spiro atoms. The Kier molecular flexibility index (Phi) is 3.65. The van der Waals surface area contributed by atoms with Crippen LogP contribution < -0.4 is 4.57 Å². The molecule has 24 heavy (non-hydrogen) atoms. The summed E-state index contributed by atoms with van der Waals surface area (Å²) in [5.74, 6) is 1.86. The van der Waals surface area contributed by atoms with Crippen LogP contribution in [0.1, 0.15) is 19.4 Å². The van der Waals surface area contributed by atoms with Crippen molar-refractivity contribution in [2.45, 2.75) is 27.3 Å². The molecule has 4 rings (SSSR count). The second-order valence-electron chi connectivity index (χ2n) is 6.83. The highest BCUT2D eigenvalue weighted by Gasteiger charge is 2.27. The third-order valence-electron chi connectivity index (χ3n) is 4.59. The summed E-state index contributed by atoms with van der Waals surface area (Å²) in [4.78, 5) is 4.52. The lowest BCUT2D eigenvalue weighted by molar-refractivity contribution is -0.634. The molecule has 2 aromatic carbocycles. The van der Waals surface area contributed by atoms with Gasteiger partial charge in [0.05, 0.1) is 34.9 Å². The number of para-hydroxylation sites is 2. The molecule has 0 aliphatic rings. The zero-order chi connectivity index (χ0) is 16.8. The van der Waals surface area contributed by atoms with Gasteiger partial charge in [-0.2, -0.15) is 0 Å². The Balaban J connectivity index is 2.14. The van der Waals surface area contributed by atoms with E-state index in [1.807, 2.05) is 5.51 Å². The van der Waals surface area contributed by atoms with E-state index in [4.69, 9.17) is 0 Å². The lowest BCUT2D eigenvalue weighted by Crippen LogP contribution is -2.30. The highest BCUT2D eigenvalue weighted by Crippen LogP contribution is 2.34. The summed E-state index contributed by atoms with van der Waals surface area (Å²) < 4.78 is 6.08. The molecule has 0 bridgehead atoms. The van der Waals surface area contributed by atoms with Crippen LogP contribution in [0, 0.1) is 12.8 Å². The minimum absolute atomic E-state index is 0.584. The first-order valence-electron chi connectivity index (χ1n) is 8.38. The number of hydrogen-bond donors (Lipinski definition) is 0. The number of benzene rings is 2. The minimum Gasteiger partial charge on any atom is -0.245 e. The molecule has 2 aromatic heterocycles. The highest BCUT2D eigenvalue weighted by molar-refractivity contribution is 7.17. The summed E-state index contributed by atoms with van der Waals surface area (Å²) in [7, 11) is 2.17. The molecule has 0 atom stereocenters. The molecule has 0 aliphatic heterocycles. The van der Waals surface area contributed by atoms with Gasteiger partial charge in [0.25, 0.3) is 5.82 Å². The molecule has 0 amide bonds. The van der Waals surface area contributed by atoms with Crippen molar-refractivity contribution in [2.24, 2.45) is 13.0 Å².